The molecule has 6 nitrogen and oxygen atoms in total. The van der Waals surface area contributed by atoms with Crippen LogP contribution in [-0.2, 0) is 14.3 Å². The predicted molar refractivity (Wildman–Crippen MR) is 69.8 cm³/mol. The Balaban J connectivity index is 0.00000162. The van der Waals surface area contributed by atoms with Crippen molar-refractivity contribution in [3.63, 3.8) is 0 Å². The highest BCUT2D eigenvalue weighted by molar-refractivity contribution is 5.85. The van der Waals surface area contributed by atoms with Gasteiger partial charge < -0.3 is 20.1 Å². The van der Waals surface area contributed by atoms with Gasteiger partial charge in [-0.3, -0.25) is 9.69 Å². The van der Waals surface area contributed by atoms with Crippen LogP contribution in [0.15, 0.2) is 0 Å². The fourth-order valence-electron chi connectivity index (χ4n) is 2.52. The van der Waals surface area contributed by atoms with Crippen molar-refractivity contribution in [1.82, 2.24) is 9.80 Å². The van der Waals surface area contributed by atoms with Gasteiger partial charge in [0.1, 0.15) is 6.04 Å². The molecular formula is C11H22ClN3O3. The fourth-order valence-corrected chi connectivity index (χ4v) is 2.52. The predicted octanol–water partition coefficient (Wildman–Crippen LogP) is -1.08. The zero-order valence-electron chi connectivity index (χ0n) is 10.9. The largest absolute Gasteiger partial charge is 0.383 e. The summed E-state index contributed by atoms with van der Waals surface area (Å²) in [5, 5.41) is 0. The highest BCUT2D eigenvalue weighted by Gasteiger charge is 2.41. The van der Waals surface area contributed by atoms with E-state index in [9.17, 15) is 4.79 Å². The number of rotatable bonds is 3. The molecule has 2 heterocycles. The Bertz CT molecular complexity index is 293. The van der Waals surface area contributed by atoms with Crippen LogP contribution >= 0.6 is 12.4 Å². The van der Waals surface area contributed by atoms with Gasteiger partial charge in [-0.1, -0.05) is 0 Å². The molecule has 0 aromatic rings. The Hall–Kier alpha value is -0.400. The van der Waals surface area contributed by atoms with Crippen LogP contribution in [0.5, 0.6) is 0 Å². The quantitative estimate of drug-likeness (QED) is 0.712. The van der Waals surface area contributed by atoms with E-state index in [1.54, 1.807) is 12.0 Å². The summed E-state index contributed by atoms with van der Waals surface area (Å²) in [6.07, 6.45) is 0.132. The summed E-state index contributed by atoms with van der Waals surface area (Å²) in [5.41, 5.74) is 5.76. The van der Waals surface area contributed by atoms with E-state index < -0.39 is 6.04 Å². The molecule has 7 heteroatoms. The van der Waals surface area contributed by atoms with Crippen molar-refractivity contribution in [3.05, 3.63) is 0 Å². The zero-order valence-corrected chi connectivity index (χ0v) is 11.7. The number of carbonyl (C=O) groups excluding carboxylic acids is 1. The third kappa shape index (κ3) is 3.13. The summed E-state index contributed by atoms with van der Waals surface area (Å²) in [6.45, 7) is 3.28. The number of nitrogens with zero attached hydrogens (tertiary/aromatic N) is 2. The minimum atomic E-state index is -0.564. The van der Waals surface area contributed by atoms with Crippen LogP contribution in [-0.4, -0.2) is 80.9 Å². The Morgan fingerprint density at radius 1 is 1.56 bits per heavy atom. The molecule has 18 heavy (non-hydrogen) atoms. The molecule has 2 aliphatic rings. The molecule has 2 saturated heterocycles. The number of methoxy groups -OCH3 is 1. The summed E-state index contributed by atoms with van der Waals surface area (Å²) < 4.78 is 10.6. The van der Waals surface area contributed by atoms with Gasteiger partial charge in [0.15, 0.2) is 0 Å². The summed E-state index contributed by atoms with van der Waals surface area (Å²) in [7, 11) is 3.62. The van der Waals surface area contributed by atoms with E-state index >= 15 is 0 Å². The van der Waals surface area contributed by atoms with Crippen LogP contribution in [0.2, 0.25) is 0 Å². The van der Waals surface area contributed by atoms with E-state index in [0.29, 0.717) is 19.1 Å². The molecule has 2 fully saturated rings. The van der Waals surface area contributed by atoms with Crippen LogP contribution < -0.4 is 5.73 Å². The van der Waals surface area contributed by atoms with Crippen LogP contribution in [0.25, 0.3) is 0 Å². The first-order chi connectivity index (χ1) is 8.13. The first kappa shape index (κ1) is 15.7. The molecule has 0 radical (unpaired) electrons. The van der Waals surface area contributed by atoms with E-state index in [1.165, 1.54) is 0 Å². The standard InChI is InChI=1S/C11H21N3O3.ClH/c1-13-3-4-17-10-6-14(5-9(10)13)11(15)8(12)7-16-2;/h8-10H,3-7,12H2,1-2H3;1H. The maximum absolute atomic E-state index is 12.0. The number of hydrogen-bond acceptors (Lipinski definition) is 5. The first-order valence-electron chi connectivity index (χ1n) is 5.98. The molecule has 0 aromatic heterocycles. The molecule has 0 saturated carbocycles. The second-order valence-corrected chi connectivity index (χ2v) is 4.76. The summed E-state index contributed by atoms with van der Waals surface area (Å²) in [5.74, 6) is -0.0433. The molecule has 0 spiro atoms. The molecule has 3 atom stereocenters. The Morgan fingerprint density at radius 3 is 2.89 bits per heavy atom. The number of amides is 1. The summed E-state index contributed by atoms with van der Waals surface area (Å²) >= 11 is 0. The van der Waals surface area contributed by atoms with Crippen molar-refractivity contribution in [2.45, 2.75) is 18.2 Å². The van der Waals surface area contributed by atoms with E-state index in [0.717, 1.165) is 13.2 Å². The number of hydrogen-bond donors (Lipinski definition) is 1. The lowest BCUT2D eigenvalue weighted by Gasteiger charge is -2.33. The Kier molecular flexibility index (Phi) is 5.81. The minimum absolute atomic E-state index is 0. The van der Waals surface area contributed by atoms with E-state index in [-0.39, 0.29) is 31.0 Å². The number of ether oxygens (including phenoxy) is 2. The summed E-state index contributed by atoms with van der Waals surface area (Å²) in [4.78, 5) is 16.1. The van der Waals surface area contributed by atoms with Gasteiger partial charge >= 0.3 is 0 Å². The zero-order chi connectivity index (χ0) is 12.4. The number of carbonyl (C=O) groups is 1. The molecule has 0 aromatic carbocycles. The van der Waals surface area contributed by atoms with Crippen LogP contribution in [0.3, 0.4) is 0 Å². The third-order valence-corrected chi connectivity index (χ3v) is 3.55. The van der Waals surface area contributed by atoms with Gasteiger partial charge in [0, 0.05) is 26.7 Å². The van der Waals surface area contributed by atoms with E-state index in [4.69, 9.17) is 15.2 Å². The van der Waals surface area contributed by atoms with E-state index in [1.807, 2.05) is 0 Å². The molecule has 3 unspecified atom stereocenters. The molecule has 2 rings (SSSR count). The lowest BCUT2D eigenvalue weighted by Crippen LogP contribution is -2.48. The number of likely N-dealkylation sites (tertiary alicyclic amines) is 1. The third-order valence-electron chi connectivity index (χ3n) is 3.55. The first-order valence-corrected chi connectivity index (χ1v) is 5.98. The molecule has 2 N–H and O–H groups in total. The maximum atomic E-state index is 12.0. The topological polar surface area (TPSA) is 68.0 Å². The number of morpholine rings is 1. The normalized spacial score (nSPS) is 29.6. The molecule has 1 amide bonds. The number of halogens is 1. The van der Waals surface area contributed by atoms with Gasteiger partial charge in [0.05, 0.1) is 25.4 Å². The molecular weight excluding hydrogens is 258 g/mol. The van der Waals surface area contributed by atoms with Crippen molar-refractivity contribution >= 4 is 18.3 Å². The average molecular weight is 280 g/mol. The number of likely N-dealkylation sites (N-methyl/N-ethyl adjacent to an activating group) is 1. The van der Waals surface area contributed by atoms with Crippen molar-refractivity contribution < 1.29 is 14.3 Å². The molecule has 106 valence electrons. The molecule has 2 aliphatic heterocycles. The van der Waals surface area contributed by atoms with E-state index in [2.05, 4.69) is 11.9 Å². The van der Waals surface area contributed by atoms with Gasteiger partial charge in [0.25, 0.3) is 0 Å². The minimum Gasteiger partial charge on any atom is -0.383 e. The fraction of sp³-hybridized carbons (Fsp3) is 0.909. The molecule has 0 bridgehead atoms. The molecule has 0 aliphatic carbocycles. The van der Waals surface area contributed by atoms with Crippen molar-refractivity contribution in [2.24, 2.45) is 5.73 Å². The van der Waals surface area contributed by atoms with Crippen molar-refractivity contribution in [1.29, 1.82) is 0 Å². The maximum Gasteiger partial charge on any atom is 0.242 e. The van der Waals surface area contributed by atoms with Gasteiger partial charge in [-0.15, -0.1) is 12.4 Å². The van der Waals surface area contributed by atoms with Crippen molar-refractivity contribution in [3.8, 4) is 0 Å². The van der Waals surface area contributed by atoms with Crippen LogP contribution in [0, 0.1) is 0 Å². The lowest BCUT2D eigenvalue weighted by molar-refractivity contribution is -0.133. The lowest BCUT2D eigenvalue weighted by atomic mass is 10.1. The average Bonchev–Trinajstić information content (AvgIpc) is 2.73. The van der Waals surface area contributed by atoms with Gasteiger partial charge in [-0.25, -0.2) is 0 Å². The highest BCUT2D eigenvalue weighted by Crippen LogP contribution is 2.21. The van der Waals surface area contributed by atoms with Gasteiger partial charge in [0.2, 0.25) is 5.91 Å². The highest BCUT2D eigenvalue weighted by atomic mass is 35.5. The number of fused-ring (bicyclic) bond motifs is 1. The second kappa shape index (κ2) is 6.68. The Labute approximate surface area is 114 Å². The van der Waals surface area contributed by atoms with Gasteiger partial charge in [-0.05, 0) is 7.05 Å². The smallest absolute Gasteiger partial charge is 0.242 e. The SMILES string of the molecule is COCC(N)C(=O)N1CC2OCCN(C)C2C1.Cl. The summed E-state index contributed by atoms with van der Waals surface area (Å²) in [6, 6.07) is -0.257. The monoisotopic (exact) mass is 279 g/mol. The van der Waals surface area contributed by atoms with Gasteiger partial charge in [-0.2, -0.15) is 0 Å². The Morgan fingerprint density at radius 2 is 2.28 bits per heavy atom. The van der Waals surface area contributed by atoms with Crippen LogP contribution in [0.1, 0.15) is 0 Å². The van der Waals surface area contributed by atoms with Crippen molar-refractivity contribution in [2.75, 3.05) is 47.0 Å². The number of nitrogens with two attached hydrogens (primary N) is 1. The van der Waals surface area contributed by atoms with Crippen LogP contribution in [0.4, 0.5) is 0 Å². The second-order valence-electron chi connectivity index (χ2n) is 4.76.